The first kappa shape index (κ1) is 12.9. The van der Waals surface area contributed by atoms with Crippen LogP contribution in [0.15, 0.2) is 24.3 Å². The monoisotopic (exact) mass is 211 g/mol. The number of hydrogen-bond donors (Lipinski definition) is 1. The van der Waals surface area contributed by atoms with Crippen molar-refractivity contribution < 1.29 is 43.6 Å². The van der Waals surface area contributed by atoms with E-state index in [4.69, 9.17) is 0 Å². The normalized spacial score (nSPS) is 10.3. The zero-order chi connectivity index (χ0) is 9.19. The Labute approximate surface area is 101 Å². The van der Waals surface area contributed by atoms with Gasteiger partial charge in [0.05, 0.1) is 0 Å². The fourth-order valence-electron chi connectivity index (χ4n) is 0.775. The van der Waals surface area contributed by atoms with E-state index in [9.17, 15) is 8.42 Å². The van der Waals surface area contributed by atoms with Gasteiger partial charge in [0, 0.05) is 0 Å². The second-order valence-corrected chi connectivity index (χ2v) is 3.49. The predicted molar refractivity (Wildman–Crippen MR) is 46.0 cm³/mol. The summed E-state index contributed by atoms with van der Waals surface area (Å²) in [6.07, 6.45) is 0. The molecule has 0 spiro atoms. The fourth-order valence-corrected chi connectivity index (χ4v) is 1.21. The molecule has 0 bridgehead atoms. The Morgan fingerprint density at radius 3 is 2.38 bits per heavy atom. The molecule has 2 N–H and O–H groups in total. The molecular weight excluding hydrogens is 201 g/mol. The molecular formula is C7H10NNaO3S. The van der Waals surface area contributed by atoms with Crippen LogP contribution in [0, 0.1) is 6.92 Å². The molecule has 0 amide bonds. The van der Waals surface area contributed by atoms with E-state index in [1.54, 1.807) is 31.2 Å². The number of aryl methyl sites for hydroxylation is 1. The molecule has 1 rings (SSSR count). The van der Waals surface area contributed by atoms with Crippen LogP contribution in [0.2, 0.25) is 0 Å². The Hall–Kier alpha value is -0.0700. The zero-order valence-electron chi connectivity index (χ0n) is 8.52. The second kappa shape index (κ2) is 4.97. The molecule has 1 aromatic rings. The number of nitrogens with two attached hydrogens (primary N) is 1. The van der Waals surface area contributed by atoms with Gasteiger partial charge in [0.15, 0.2) is 0 Å². The first-order valence-electron chi connectivity index (χ1n) is 3.27. The largest absolute Gasteiger partial charge is 1.00 e. The molecule has 0 fully saturated rings. The van der Waals surface area contributed by atoms with Gasteiger partial charge in [-0.3, -0.25) is 0 Å². The van der Waals surface area contributed by atoms with Crippen molar-refractivity contribution in [2.24, 2.45) is 5.14 Å². The van der Waals surface area contributed by atoms with Gasteiger partial charge in [-0.1, -0.05) is 18.2 Å². The van der Waals surface area contributed by atoms with Crippen molar-refractivity contribution in [1.82, 2.24) is 0 Å². The number of para-hydroxylation sites is 1. The van der Waals surface area contributed by atoms with Gasteiger partial charge < -0.3 is 5.61 Å². The van der Waals surface area contributed by atoms with Crippen LogP contribution in [0.25, 0.3) is 0 Å². The molecule has 6 heteroatoms. The van der Waals surface area contributed by atoms with E-state index in [0.29, 0.717) is 0 Å². The first-order valence-corrected chi connectivity index (χ1v) is 4.74. The molecule has 0 heterocycles. The summed E-state index contributed by atoms with van der Waals surface area (Å²) in [5, 5.41) is 4.69. The van der Waals surface area contributed by atoms with Crippen LogP contribution in [-0.4, -0.2) is 8.42 Å². The minimum Gasteiger partial charge on any atom is -1.00 e. The Balaban J connectivity index is 0. The molecule has 68 valence electrons. The van der Waals surface area contributed by atoms with Crippen molar-refractivity contribution in [3.05, 3.63) is 29.8 Å². The maximum atomic E-state index is 10.5. The van der Waals surface area contributed by atoms with Crippen molar-refractivity contribution in [3.63, 3.8) is 0 Å². The molecule has 0 unspecified atom stereocenters. The molecule has 4 nitrogen and oxygen atoms in total. The minimum absolute atomic E-state index is 0. The third-order valence-electron chi connectivity index (χ3n) is 1.30. The molecule has 0 aliphatic carbocycles. The van der Waals surface area contributed by atoms with Crippen LogP contribution in [0.4, 0.5) is 0 Å². The quantitative estimate of drug-likeness (QED) is 0.559. The van der Waals surface area contributed by atoms with Crippen LogP contribution in [0.1, 0.15) is 6.99 Å². The van der Waals surface area contributed by atoms with E-state index in [2.05, 4.69) is 9.32 Å². The molecule has 0 aliphatic rings. The molecule has 0 saturated carbocycles. The average molecular weight is 211 g/mol. The van der Waals surface area contributed by atoms with Crippen LogP contribution in [-0.2, 0) is 10.3 Å². The number of benzene rings is 1. The van der Waals surface area contributed by atoms with E-state index >= 15 is 0 Å². The standard InChI is InChI=1S/C7H9NO3S.Na.H/c1-6-4-2-3-5-7(6)11-12(8,9)10;;/h2-5H,1H3,(H2,8,9,10);;/q;+1;-1. The summed E-state index contributed by atoms with van der Waals surface area (Å²) in [4.78, 5) is 0. The Bertz CT molecular complexity index is 382. The van der Waals surface area contributed by atoms with Crippen LogP contribution in [0.3, 0.4) is 0 Å². The van der Waals surface area contributed by atoms with Gasteiger partial charge in [0.1, 0.15) is 5.75 Å². The fraction of sp³-hybridized carbons (Fsp3) is 0.143. The molecule has 0 saturated heterocycles. The Morgan fingerprint density at radius 1 is 1.38 bits per heavy atom. The van der Waals surface area contributed by atoms with Crippen molar-refractivity contribution in [3.8, 4) is 5.75 Å². The van der Waals surface area contributed by atoms with Gasteiger partial charge in [0.2, 0.25) is 0 Å². The van der Waals surface area contributed by atoms with Gasteiger partial charge in [-0.05, 0) is 18.6 Å². The molecule has 13 heavy (non-hydrogen) atoms. The molecule has 0 radical (unpaired) electrons. The molecule has 0 atom stereocenters. The topological polar surface area (TPSA) is 69.4 Å². The zero-order valence-corrected chi connectivity index (χ0v) is 10.3. The Morgan fingerprint density at radius 2 is 1.92 bits per heavy atom. The summed E-state index contributed by atoms with van der Waals surface area (Å²) >= 11 is 0. The van der Waals surface area contributed by atoms with Crippen LogP contribution in [0.5, 0.6) is 5.75 Å². The molecule has 1 aromatic carbocycles. The summed E-state index contributed by atoms with van der Waals surface area (Å²) < 4.78 is 25.5. The van der Waals surface area contributed by atoms with Gasteiger partial charge in [0.25, 0.3) is 0 Å². The van der Waals surface area contributed by atoms with Crippen LogP contribution < -0.4 is 38.9 Å². The molecule has 0 aliphatic heterocycles. The van der Waals surface area contributed by atoms with E-state index in [1.165, 1.54) is 0 Å². The van der Waals surface area contributed by atoms with E-state index < -0.39 is 10.3 Å². The average Bonchev–Trinajstić information content (AvgIpc) is 1.91. The van der Waals surface area contributed by atoms with Gasteiger partial charge >= 0.3 is 39.9 Å². The Kier molecular flexibility index (Phi) is 4.95. The van der Waals surface area contributed by atoms with E-state index in [-0.39, 0.29) is 36.7 Å². The second-order valence-electron chi connectivity index (χ2n) is 2.34. The summed E-state index contributed by atoms with van der Waals surface area (Å²) in [6, 6.07) is 6.74. The van der Waals surface area contributed by atoms with E-state index in [0.717, 1.165) is 5.56 Å². The van der Waals surface area contributed by atoms with Gasteiger partial charge in [-0.25, -0.2) is 0 Å². The summed E-state index contributed by atoms with van der Waals surface area (Å²) in [5.41, 5.74) is 0.728. The van der Waals surface area contributed by atoms with Crippen molar-refractivity contribution in [2.45, 2.75) is 6.92 Å². The first-order chi connectivity index (χ1) is 5.49. The number of hydrogen-bond acceptors (Lipinski definition) is 3. The van der Waals surface area contributed by atoms with Crippen LogP contribution >= 0.6 is 0 Å². The van der Waals surface area contributed by atoms with Gasteiger partial charge in [-0.2, -0.15) is 13.6 Å². The van der Waals surface area contributed by atoms with Crippen molar-refractivity contribution >= 4 is 10.3 Å². The van der Waals surface area contributed by atoms with Gasteiger partial charge in [-0.15, -0.1) is 0 Å². The molecule has 0 aromatic heterocycles. The SMILES string of the molecule is Cc1ccccc1OS(N)(=O)=O.[H-].[Na+]. The summed E-state index contributed by atoms with van der Waals surface area (Å²) in [6.45, 7) is 1.74. The summed E-state index contributed by atoms with van der Waals surface area (Å²) in [5.74, 6) is 0.264. The predicted octanol–water partition coefficient (Wildman–Crippen LogP) is -2.31. The maximum Gasteiger partial charge on any atom is 1.00 e. The van der Waals surface area contributed by atoms with Crippen molar-refractivity contribution in [2.75, 3.05) is 0 Å². The maximum absolute atomic E-state index is 10.5. The smallest absolute Gasteiger partial charge is 1.00 e. The third kappa shape index (κ3) is 4.64. The van der Waals surface area contributed by atoms with E-state index in [1.807, 2.05) is 0 Å². The third-order valence-corrected chi connectivity index (χ3v) is 1.71. The minimum atomic E-state index is -3.90. The summed E-state index contributed by atoms with van der Waals surface area (Å²) in [7, 11) is -3.90. The van der Waals surface area contributed by atoms with Crippen molar-refractivity contribution in [1.29, 1.82) is 0 Å². The number of rotatable bonds is 2.